The van der Waals surface area contributed by atoms with E-state index in [-0.39, 0.29) is 17.5 Å². The Morgan fingerprint density at radius 3 is 2.81 bits per heavy atom. The molecule has 4 nitrogen and oxygen atoms in total. The fraction of sp³-hybridized carbons (Fsp3) is 0.600. The minimum atomic E-state index is -2.86. The monoisotopic (exact) mass is 262 g/mol. The first-order chi connectivity index (χ1) is 7.59. The highest BCUT2D eigenvalue weighted by Gasteiger charge is 2.13. The summed E-state index contributed by atoms with van der Waals surface area (Å²) in [6.07, 6.45) is 1.39. The van der Waals surface area contributed by atoms with Crippen molar-refractivity contribution in [1.29, 1.82) is 0 Å². The first kappa shape index (κ1) is 13.6. The van der Waals surface area contributed by atoms with Gasteiger partial charge < -0.3 is 0 Å². The van der Waals surface area contributed by atoms with Gasteiger partial charge in [-0.25, -0.2) is 8.42 Å². The van der Waals surface area contributed by atoms with Gasteiger partial charge in [-0.3, -0.25) is 11.3 Å². The normalized spacial score (nSPS) is 13.9. The van der Waals surface area contributed by atoms with Gasteiger partial charge in [-0.15, -0.1) is 11.3 Å². The number of hydrogen-bond acceptors (Lipinski definition) is 5. The highest BCUT2D eigenvalue weighted by molar-refractivity contribution is 7.91. The number of nitrogens with two attached hydrogens (primary N) is 1. The molecule has 0 spiro atoms. The second kappa shape index (κ2) is 6.34. The van der Waals surface area contributed by atoms with Gasteiger partial charge in [-0.1, -0.05) is 13.0 Å². The molecule has 1 aromatic heterocycles. The molecule has 0 fully saturated rings. The Kier molecular flexibility index (Phi) is 5.40. The molecule has 0 aliphatic rings. The average Bonchev–Trinajstić information content (AvgIpc) is 2.78. The van der Waals surface area contributed by atoms with Gasteiger partial charge in [0, 0.05) is 10.6 Å². The van der Waals surface area contributed by atoms with Gasteiger partial charge in [0.25, 0.3) is 0 Å². The number of nitrogens with one attached hydrogen (secondary N) is 1. The number of rotatable bonds is 7. The lowest BCUT2D eigenvalue weighted by Crippen LogP contribution is -2.27. The Morgan fingerprint density at radius 2 is 2.31 bits per heavy atom. The average molecular weight is 262 g/mol. The van der Waals surface area contributed by atoms with Gasteiger partial charge in [0.2, 0.25) is 0 Å². The van der Waals surface area contributed by atoms with E-state index in [9.17, 15) is 8.42 Å². The molecule has 0 bridgehead atoms. The third kappa shape index (κ3) is 4.21. The molecule has 0 aromatic carbocycles. The molecule has 1 aromatic rings. The van der Waals surface area contributed by atoms with E-state index in [4.69, 9.17) is 5.84 Å². The van der Waals surface area contributed by atoms with Crippen LogP contribution in [-0.2, 0) is 9.84 Å². The highest BCUT2D eigenvalue weighted by atomic mass is 32.2. The van der Waals surface area contributed by atoms with Crippen LogP contribution in [0.1, 0.15) is 30.7 Å². The lowest BCUT2D eigenvalue weighted by molar-refractivity contribution is 0.514. The summed E-state index contributed by atoms with van der Waals surface area (Å²) < 4.78 is 22.6. The summed E-state index contributed by atoms with van der Waals surface area (Å²) in [4.78, 5) is 1.15. The maximum atomic E-state index is 11.3. The Hall–Kier alpha value is -0.430. The van der Waals surface area contributed by atoms with Gasteiger partial charge in [0.1, 0.15) is 9.84 Å². The SMILES string of the molecule is CCS(=O)(=O)CCCC(NN)c1cccs1. The molecule has 1 heterocycles. The Labute approximate surface area is 101 Å². The summed E-state index contributed by atoms with van der Waals surface area (Å²) in [6, 6.07) is 4.03. The summed E-state index contributed by atoms with van der Waals surface area (Å²) >= 11 is 1.63. The number of hydrazine groups is 1. The fourth-order valence-corrected chi connectivity index (χ4v) is 3.17. The van der Waals surface area contributed by atoms with E-state index in [1.165, 1.54) is 0 Å². The zero-order valence-electron chi connectivity index (χ0n) is 9.35. The summed E-state index contributed by atoms with van der Waals surface area (Å²) in [6.45, 7) is 1.67. The molecule has 0 radical (unpaired) electrons. The van der Waals surface area contributed by atoms with Crippen molar-refractivity contribution >= 4 is 21.2 Å². The second-order valence-electron chi connectivity index (χ2n) is 3.61. The smallest absolute Gasteiger partial charge is 0.150 e. The van der Waals surface area contributed by atoms with Gasteiger partial charge in [-0.2, -0.15) is 0 Å². The van der Waals surface area contributed by atoms with Crippen LogP contribution < -0.4 is 11.3 Å². The molecular weight excluding hydrogens is 244 g/mol. The van der Waals surface area contributed by atoms with E-state index in [2.05, 4.69) is 5.43 Å². The van der Waals surface area contributed by atoms with Crippen LogP contribution in [0, 0.1) is 0 Å². The lowest BCUT2D eigenvalue weighted by Gasteiger charge is -2.13. The molecule has 3 N–H and O–H groups in total. The molecule has 1 rings (SSSR count). The van der Waals surface area contributed by atoms with Crippen molar-refractivity contribution in [2.75, 3.05) is 11.5 Å². The zero-order chi connectivity index (χ0) is 12.0. The van der Waals surface area contributed by atoms with Crippen LogP contribution in [-0.4, -0.2) is 19.9 Å². The van der Waals surface area contributed by atoms with Crippen molar-refractivity contribution in [2.24, 2.45) is 5.84 Å². The fourth-order valence-electron chi connectivity index (χ4n) is 1.45. The zero-order valence-corrected chi connectivity index (χ0v) is 11.0. The van der Waals surface area contributed by atoms with Crippen molar-refractivity contribution < 1.29 is 8.42 Å². The molecule has 1 atom stereocenters. The third-order valence-corrected chi connectivity index (χ3v) is 5.25. The van der Waals surface area contributed by atoms with E-state index in [0.717, 1.165) is 11.3 Å². The van der Waals surface area contributed by atoms with Gasteiger partial charge in [0.15, 0.2) is 0 Å². The van der Waals surface area contributed by atoms with Crippen molar-refractivity contribution in [3.63, 3.8) is 0 Å². The van der Waals surface area contributed by atoms with Crippen LogP contribution in [0.5, 0.6) is 0 Å². The molecule has 0 saturated carbocycles. The van der Waals surface area contributed by atoms with Crippen LogP contribution in [0.3, 0.4) is 0 Å². The number of sulfone groups is 1. The van der Waals surface area contributed by atoms with Crippen molar-refractivity contribution in [2.45, 2.75) is 25.8 Å². The van der Waals surface area contributed by atoms with Crippen LogP contribution in [0.4, 0.5) is 0 Å². The predicted octanol–water partition coefficient (Wildman–Crippen LogP) is 1.47. The molecule has 0 aliphatic carbocycles. The minimum Gasteiger partial charge on any atom is -0.271 e. The molecule has 0 amide bonds. The van der Waals surface area contributed by atoms with E-state index in [1.54, 1.807) is 18.3 Å². The van der Waals surface area contributed by atoms with Crippen LogP contribution >= 0.6 is 11.3 Å². The second-order valence-corrected chi connectivity index (χ2v) is 7.07. The van der Waals surface area contributed by atoms with Crippen LogP contribution in [0.2, 0.25) is 0 Å². The van der Waals surface area contributed by atoms with E-state index < -0.39 is 9.84 Å². The summed E-state index contributed by atoms with van der Waals surface area (Å²) in [7, 11) is -2.86. The van der Waals surface area contributed by atoms with E-state index in [0.29, 0.717) is 6.42 Å². The third-order valence-electron chi connectivity index (χ3n) is 2.48. The van der Waals surface area contributed by atoms with Crippen LogP contribution in [0.25, 0.3) is 0 Å². The molecule has 0 aliphatic heterocycles. The first-order valence-corrected chi connectivity index (χ1v) is 7.99. The van der Waals surface area contributed by atoms with Crippen molar-refractivity contribution in [3.05, 3.63) is 22.4 Å². The molecule has 6 heteroatoms. The molecular formula is C10H18N2O2S2. The minimum absolute atomic E-state index is 0.0621. The topological polar surface area (TPSA) is 72.2 Å². The predicted molar refractivity (Wildman–Crippen MR) is 67.9 cm³/mol. The maximum Gasteiger partial charge on any atom is 0.150 e. The number of thiophene rings is 1. The summed E-state index contributed by atoms with van der Waals surface area (Å²) in [5.41, 5.74) is 2.72. The van der Waals surface area contributed by atoms with Gasteiger partial charge in [-0.05, 0) is 24.3 Å². The van der Waals surface area contributed by atoms with E-state index >= 15 is 0 Å². The molecule has 0 saturated heterocycles. The summed E-state index contributed by atoms with van der Waals surface area (Å²) in [5.74, 6) is 5.91. The Balaban J connectivity index is 2.42. The van der Waals surface area contributed by atoms with Gasteiger partial charge >= 0.3 is 0 Å². The standard InChI is InChI=1S/C10H18N2O2S2/c1-2-16(13,14)8-4-5-9(12-11)10-6-3-7-15-10/h3,6-7,9,12H,2,4-5,8,11H2,1H3. The van der Waals surface area contributed by atoms with Crippen LogP contribution in [0.15, 0.2) is 17.5 Å². The highest BCUT2D eigenvalue weighted by Crippen LogP contribution is 2.22. The number of hydrogen-bond donors (Lipinski definition) is 2. The molecule has 92 valence electrons. The van der Waals surface area contributed by atoms with Crippen molar-refractivity contribution in [3.8, 4) is 0 Å². The lowest BCUT2D eigenvalue weighted by atomic mass is 10.1. The molecule has 16 heavy (non-hydrogen) atoms. The molecule has 1 unspecified atom stereocenters. The quantitative estimate of drug-likeness (QED) is 0.576. The Bertz CT molecular complexity index is 387. The summed E-state index contributed by atoms with van der Waals surface area (Å²) in [5, 5.41) is 1.99. The van der Waals surface area contributed by atoms with Crippen molar-refractivity contribution in [1.82, 2.24) is 5.43 Å². The Morgan fingerprint density at radius 1 is 1.56 bits per heavy atom. The van der Waals surface area contributed by atoms with Gasteiger partial charge in [0.05, 0.1) is 11.8 Å². The largest absolute Gasteiger partial charge is 0.271 e. The maximum absolute atomic E-state index is 11.3. The first-order valence-electron chi connectivity index (χ1n) is 5.29. The van der Waals surface area contributed by atoms with E-state index in [1.807, 2.05) is 17.5 Å².